The van der Waals surface area contributed by atoms with E-state index in [0.717, 1.165) is 12.1 Å². The van der Waals surface area contributed by atoms with Crippen LogP contribution >= 0.6 is 15.9 Å². The normalized spacial score (nSPS) is 10.2. The molecule has 0 saturated carbocycles. The summed E-state index contributed by atoms with van der Waals surface area (Å²) >= 11 is 2.99. The van der Waals surface area contributed by atoms with Gasteiger partial charge in [0.25, 0.3) is 11.6 Å². The average molecular weight is 354 g/mol. The third-order valence-corrected chi connectivity index (χ3v) is 3.31. The quantitative estimate of drug-likeness (QED) is 0.502. The number of carbonyl (C=O) groups excluding carboxylic acids is 1. The van der Waals surface area contributed by atoms with Gasteiger partial charge >= 0.3 is 0 Å². The van der Waals surface area contributed by atoms with E-state index in [-0.39, 0.29) is 27.1 Å². The van der Waals surface area contributed by atoms with Crippen molar-refractivity contribution in [2.45, 2.75) is 0 Å². The van der Waals surface area contributed by atoms with E-state index in [1.54, 1.807) is 0 Å². The van der Waals surface area contributed by atoms with Crippen molar-refractivity contribution >= 4 is 38.9 Å². The van der Waals surface area contributed by atoms with Gasteiger partial charge in [0.2, 0.25) is 0 Å². The monoisotopic (exact) mass is 353 g/mol. The zero-order chi connectivity index (χ0) is 15.6. The van der Waals surface area contributed by atoms with Crippen LogP contribution in [0.25, 0.3) is 0 Å². The summed E-state index contributed by atoms with van der Waals surface area (Å²) in [6, 6.07) is 7.58. The van der Waals surface area contributed by atoms with Crippen LogP contribution in [0.15, 0.2) is 40.9 Å². The van der Waals surface area contributed by atoms with Crippen LogP contribution in [0, 0.1) is 15.9 Å². The summed E-state index contributed by atoms with van der Waals surface area (Å²) in [6.07, 6.45) is 0. The molecule has 1 amide bonds. The Kier molecular flexibility index (Phi) is 4.18. The minimum Gasteiger partial charge on any atom is -0.398 e. The smallest absolute Gasteiger partial charge is 0.270 e. The summed E-state index contributed by atoms with van der Waals surface area (Å²) < 4.78 is 13.6. The van der Waals surface area contributed by atoms with Crippen molar-refractivity contribution in [3.63, 3.8) is 0 Å². The molecule has 0 fully saturated rings. The summed E-state index contributed by atoms with van der Waals surface area (Å²) in [5.74, 6) is -1.20. The third-order valence-electron chi connectivity index (χ3n) is 2.67. The Morgan fingerprint density at radius 2 is 2.00 bits per heavy atom. The number of hydrogen-bond donors (Lipinski definition) is 2. The van der Waals surface area contributed by atoms with Crippen LogP contribution in [0.2, 0.25) is 0 Å². The number of carbonyl (C=O) groups is 1. The van der Waals surface area contributed by atoms with E-state index >= 15 is 0 Å². The molecule has 3 N–H and O–H groups in total. The lowest BCUT2D eigenvalue weighted by molar-refractivity contribution is -0.384. The fraction of sp³-hybridized carbons (Fsp3) is 0. The maximum Gasteiger partial charge on any atom is 0.270 e. The second-order valence-corrected chi connectivity index (χ2v) is 4.97. The van der Waals surface area contributed by atoms with Gasteiger partial charge in [-0.25, -0.2) is 4.39 Å². The second-order valence-electron chi connectivity index (χ2n) is 4.11. The van der Waals surface area contributed by atoms with Crippen LogP contribution in [0.3, 0.4) is 0 Å². The van der Waals surface area contributed by atoms with Crippen LogP contribution in [0.5, 0.6) is 0 Å². The molecule has 6 nitrogen and oxygen atoms in total. The number of nitrogen functional groups attached to an aromatic ring is 1. The Morgan fingerprint density at radius 1 is 1.29 bits per heavy atom. The molecule has 0 saturated heterocycles. The molecule has 0 radical (unpaired) electrons. The van der Waals surface area contributed by atoms with E-state index in [0.29, 0.717) is 0 Å². The molecule has 0 aromatic heterocycles. The Labute approximate surface area is 127 Å². The van der Waals surface area contributed by atoms with Crippen LogP contribution in [-0.2, 0) is 0 Å². The van der Waals surface area contributed by atoms with Gasteiger partial charge in [0.05, 0.1) is 15.0 Å². The number of nitrogens with two attached hydrogens (primary N) is 1. The lowest BCUT2D eigenvalue weighted by Crippen LogP contribution is -2.14. The van der Waals surface area contributed by atoms with E-state index in [1.165, 1.54) is 24.3 Å². The zero-order valence-corrected chi connectivity index (χ0v) is 12.1. The van der Waals surface area contributed by atoms with E-state index in [2.05, 4.69) is 21.2 Å². The molecule has 108 valence electrons. The summed E-state index contributed by atoms with van der Waals surface area (Å²) in [7, 11) is 0. The highest BCUT2D eigenvalue weighted by Crippen LogP contribution is 2.23. The second kappa shape index (κ2) is 5.88. The van der Waals surface area contributed by atoms with E-state index < -0.39 is 16.6 Å². The number of rotatable bonds is 3. The highest BCUT2D eigenvalue weighted by molar-refractivity contribution is 9.10. The fourth-order valence-electron chi connectivity index (χ4n) is 1.63. The molecule has 0 spiro atoms. The van der Waals surface area contributed by atoms with Gasteiger partial charge in [-0.1, -0.05) is 0 Å². The lowest BCUT2D eigenvalue weighted by atomic mass is 10.1. The van der Waals surface area contributed by atoms with Crippen molar-refractivity contribution in [2.75, 3.05) is 11.1 Å². The van der Waals surface area contributed by atoms with Gasteiger partial charge < -0.3 is 11.1 Å². The molecule has 0 heterocycles. The molecule has 0 aliphatic carbocycles. The van der Waals surface area contributed by atoms with E-state index in [9.17, 15) is 19.3 Å². The Bertz CT molecular complexity index is 737. The summed E-state index contributed by atoms with van der Waals surface area (Å²) in [4.78, 5) is 22.1. The van der Waals surface area contributed by atoms with Gasteiger partial charge in [0, 0.05) is 23.5 Å². The molecule has 2 rings (SSSR count). The van der Waals surface area contributed by atoms with Gasteiger partial charge in [-0.2, -0.15) is 0 Å². The molecular formula is C13H9BrFN3O3. The van der Waals surface area contributed by atoms with Crippen LogP contribution < -0.4 is 11.1 Å². The predicted molar refractivity (Wildman–Crippen MR) is 79.6 cm³/mol. The standard InChI is InChI=1S/C13H9BrFN3O3/c14-10-3-1-7(5-11(10)15)17-13(19)9-6-8(18(20)21)2-4-12(9)16/h1-6H,16H2,(H,17,19). The number of benzene rings is 2. The van der Waals surface area contributed by atoms with E-state index in [4.69, 9.17) is 5.73 Å². The minimum atomic E-state index is -0.655. The number of non-ortho nitro benzene ring substituents is 1. The summed E-state index contributed by atoms with van der Waals surface area (Å²) in [5, 5.41) is 13.1. The molecular weight excluding hydrogens is 345 g/mol. The summed E-state index contributed by atoms with van der Waals surface area (Å²) in [5.41, 5.74) is 5.64. The van der Waals surface area contributed by atoms with Crippen molar-refractivity contribution in [3.8, 4) is 0 Å². The molecule has 21 heavy (non-hydrogen) atoms. The highest BCUT2D eigenvalue weighted by atomic mass is 79.9. The fourth-order valence-corrected chi connectivity index (χ4v) is 1.87. The third kappa shape index (κ3) is 3.34. The molecule has 0 unspecified atom stereocenters. The maximum absolute atomic E-state index is 13.4. The molecule has 0 aliphatic rings. The molecule has 0 aliphatic heterocycles. The highest BCUT2D eigenvalue weighted by Gasteiger charge is 2.15. The first-order valence-electron chi connectivity index (χ1n) is 5.69. The number of hydrogen-bond acceptors (Lipinski definition) is 4. The number of nitrogens with zero attached hydrogens (tertiary/aromatic N) is 1. The van der Waals surface area contributed by atoms with Crippen LogP contribution in [0.4, 0.5) is 21.5 Å². The topological polar surface area (TPSA) is 98.3 Å². The molecule has 0 atom stereocenters. The van der Waals surface area contributed by atoms with Crippen molar-refractivity contribution in [1.82, 2.24) is 0 Å². The first-order valence-corrected chi connectivity index (χ1v) is 6.48. The summed E-state index contributed by atoms with van der Waals surface area (Å²) in [6.45, 7) is 0. The number of amides is 1. The van der Waals surface area contributed by atoms with Crippen LogP contribution in [-0.4, -0.2) is 10.8 Å². The van der Waals surface area contributed by atoms with Crippen LogP contribution in [0.1, 0.15) is 10.4 Å². The predicted octanol–water partition coefficient (Wildman–Crippen LogP) is 3.33. The number of nitrogens with one attached hydrogen (secondary N) is 1. The van der Waals surface area contributed by atoms with Gasteiger partial charge in [0.15, 0.2) is 0 Å². The Morgan fingerprint density at radius 3 is 2.62 bits per heavy atom. The number of halogens is 2. The lowest BCUT2D eigenvalue weighted by Gasteiger charge is -2.08. The van der Waals surface area contributed by atoms with Crippen molar-refractivity contribution < 1.29 is 14.1 Å². The largest absolute Gasteiger partial charge is 0.398 e. The SMILES string of the molecule is Nc1ccc([N+](=O)[O-])cc1C(=O)Nc1ccc(Br)c(F)c1. The van der Waals surface area contributed by atoms with Gasteiger partial charge in [-0.05, 0) is 40.2 Å². The first-order chi connectivity index (χ1) is 9.88. The van der Waals surface area contributed by atoms with Crippen molar-refractivity contribution in [3.05, 3.63) is 62.4 Å². The van der Waals surface area contributed by atoms with Gasteiger partial charge in [0.1, 0.15) is 5.82 Å². The first kappa shape index (κ1) is 14.9. The Balaban J connectivity index is 2.29. The number of nitro benzene ring substituents is 1. The zero-order valence-electron chi connectivity index (χ0n) is 10.5. The van der Waals surface area contributed by atoms with E-state index in [1.807, 2.05) is 0 Å². The number of nitro groups is 1. The maximum atomic E-state index is 13.4. The molecule has 2 aromatic rings. The Hall–Kier alpha value is -2.48. The van der Waals surface area contributed by atoms with Crippen molar-refractivity contribution in [1.29, 1.82) is 0 Å². The van der Waals surface area contributed by atoms with Gasteiger partial charge in [-0.3, -0.25) is 14.9 Å². The minimum absolute atomic E-state index is 0.0486. The van der Waals surface area contributed by atoms with Crippen molar-refractivity contribution in [2.24, 2.45) is 0 Å². The number of anilines is 2. The average Bonchev–Trinajstić information content (AvgIpc) is 2.43. The molecule has 8 heteroatoms. The molecule has 2 aromatic carbocycles. The molecule has 0 bridgehead atoms. The van der Waals surface area contributed by atoms with Gasteiger partial charge in [-0.15, -0.1) is 0 Å².